The van der Waals surface area contributed by atoms with Crippen LogP contribution in [0.2, 0.25) is 10.0 Å². The second kappa shape index (κ2) is 12.5. The van der Waals surface area contributed by atoms with Gasteiger partial charge in [0.25, 0.3) is 0 Å². The van der Waals surface area contributed by atoms with E-state index in [-0.39, 0.29) is 6.41 Å². The van der Waals surface area contributed by atoms with E-state index < -0.39 is 10.2 Å². The standard InChI is InChI=1S/C29H28Cl2N4O3S/c1-3-4-5-7-21-10-12-22(13-11-21)16-29-33-28(26-15-14-23(30)17-27(26)31)19-35(29)25-9-6-8-24(18-25)34(2)39(37,38)32-20-36/h5-15,17-20H,3-4,16H2,1-2H3,(H,32,36)/b7-5+. The number of allylic oxidation sites excluding steroid dienone is 1. The van der Waals surface area contributed by atoms with Crippen molar-refractivity contribution in [2.45, 2.75) is 26.2 Å². The number of imidazole rings is 1. The molecule has 0 bridgehead atoms. The first-order chi connectivity index (χ1) is 18.7. The van der Waals surface area contributed by atoms with Crippen LogP contribution in [-0.4, -0.2) is 31.4 Å². The third kappa shape index (κ3) is 6.89. The van der Waals surface area contributed by atoms with Gasteiger partial charge < -0.3 is 4.57 Å². The Morgan fingerprint density at radius 1 is 1.05 bits per heavy atom. The Bertz CT molecular complexity index is 1600. The van der Waals surface area contributed by atoms with Gasteiger partial charge in [0.1, 0.15) is 5.82 Å². The number of hydrogen-bond acceptors (Lipinski definition) is 4. The first kappa shape index (κ1) is 28.4. The fourth-order valence-corrected chi connectivity index (χ4v) is 5.20. The fourth-order valence-electron chi connectivity index (χ4n) is 4.03. The molecule has 0 saturated heterocycles. The van der Waals surface area contributed by atoms with Gasteiger partial charge in [-0.25, -0.2) is 9.71 Å². The van der Waals surface area contributed by atoms with Gasteiger partial charge in [0, 0.05) is 35.9 Å². The molecule has 1 heterocycles. The molecular formula is C29H28Cl2N4O3S. The highest BCUT2D eigenvalue weighted by Gasteiger charge is 2.19. The van der Waals surface area contributed by atoms with Crippen molar-refractivity contribution in [2.24, 2.45) is 0 Å². The molecule has 0 saturated carbocycles. The number of anilines is 1. The average molecular weight is 584 g/mol. The van der Waals surface area contributed by atoms with Crippen molar-refractivity contribution in [3.05, 3.63) is 106 Å². The zero-order valence-electron chi connectivity index (χ0n) is 21.5. The predicted molar refractivity (Wildman–Crippen MR) is 159 cm³/mol. The summed E-state index contributed by atoms with van der Waals surface area (Å²) in [7, 11) is -2.66. The molecule has 0 aliphatic carbocycles. The minimum atomic E-state index is -4.03. The number of carbonyl (C=O) groups excluding carboxylic acids is 1. The highest BCUT2D eigenvalue weighted by atomic mass is 35.5. The number of rotatable bonds is 11. The van der Waals surface area contributed by atoms with Crippen molar-refractivity contribution in [3.8, 4) is 16.9 Å². The Balaban J connectivity index is 1.75. The molecular weight excluding hydrogens is 555 g/mol. The summed E-state index contributed by atoms with van der Waals surface area (Å²) in [5.41, 5.74) is 4.64. The maximum Gasteiger partial charge on any atom is 0.325 e. The van der Waals surface area contributed by atoms with Crippen molar-refractivity contribution in [2.75, 3.05) is 11.4 Å². The zero-order chi connectivity index (χ0) is 28.0. The summed E-state index contributed by atoms with van der Waals surface area (Å²) in [6.07, 6.45) is 8.95. The predicted octanol–water partition coefficient (Wildman–Crippen LogP) is 6.68. The molecule has 0 aliphatic heterocycles. The maximum absolute atomic E-state index is 12.4. The molecule has 0 spiro atoms. The molecule has 0 fully saturated rings. The van der Waals surface area contributed by atoms with Crippen LogP contribution in [0.25, 0.3) is 23.0 Å². The van der Waals surface area contributed by atoms with Crippen LogP contribution < -0.4 is 9.03 Å². The van der Waals surface area contributed by atoms with Crippen LogP contribution in [-0.2, 0) is 21.4 Å². The van der Waals surface area contributed by atoms with Crippen molar-refractivity contribution in [1.82, 2.24) is 14.3 Å². The van der Waals surface area contributed by atoms with E-state index in [1.807, 2.05) is 27.6 Å². The van der Waals surface area contributed by atoms with Gasteiger partial charge in [-0.2, -0.15) is 8.42 Å². The van der Waals surface area contributed by atoms with E-state index in [9.17, 15) is 13.2 Å². The van der Waals surface area contributed by atoms with Gasteiger partial charge in [0.15, 0.2) is 0 Å². The number of unbranched alkanes of at least 4 members (excludes halogenated alkanes) is 1. The molecule has 0 atom stereocenters. The summed E-state index contributed by atoms with van der Waals surface area (Å²) in [6.45, 7) is 2.15. The number of carbonyl (C=O) groups is 1. The first-order valence-corrected chi connectivity index (χ1v) is 14.5. The summed E-state index contributed by atoms with van der Waals surface area (Å²) in [4.78, 5) is 15.7. The lowest BCUT2D eigenvalue weighted by molar-refractivity contribution is -0.108. The van der Waals surface area contributed by atoms with E-state index in [0.29, 0.717) is 33.5 Å². The van der Waals surface area contributed by atoms with E-state index >= 15 is 0 Å². The second-order valence-electron chi connectivity index (χ2n) is 8.87. The van der Waals surface area contributed by atoms with Crippen molar-refractivity contribution < 1.29 is 13.2 Å². The van der Waals surface area contributed by atoms with Crippen LogP contribution in [0.15, 0.2) is 79.0 Å². The van der Waals surface area contributed by atoms with Crippen molar-refractivity contribution in [1.29, 1.82) is 0 Å². The van der Waals surface area contributed by atoms with E-state index in [2.05, 4.69) is 43.3 Å². The summed E-state index contributed by atoms with van der Waals surface area (Å²) in [5.74, 6) is 0.735. The van der Waals surface area contributed by atoms with E-state index in [1.165, 1.54) is 7.05 Å². The largest absolute Gasteiger partial charge is 0.325 e. The molecule has 0 aliphatic rings. The lowest BCUT2D eigenvalue weighted by atomic mass is 10.1. The Morgan fingerprint density at radius 2 is 1.82 bits per heavy atom. The summed E-state index contributed by atoms with van der Waals surface area (Å²) < 4.78 is 29.5. The van der Waals surface area contributed by atoms with Gasteiger partial charge in [-0.05, 0) is 53.9 Å². The molecule has 0 radical (unpaired) electrons. The monoisotopic (exact) mass is 582 g/mol. The van der Waals surface area contributed by atoms with Gasteiger partial charge in [-0.15, -0.1) is 0 Å². The van der Waals surface area contributed by atoms with Gasteiger partial charge >= 0.3 is 10.2 Å². The lowest BCUT2D eigenvalue weighted by Crippen LogP contribution is -2.37. The van der Waals surface area contributed by atoms with E-state index in [4.69, 9.17) is 28.2 Å². The average Bonchev–Trinajstić information content (AvgIpc) is 3.32. The number of nitrogens with zero attached hydrogens (tertiary/aromatic N) is 3. The van der Waals surface area contributed by atoms with Gasteiger partial charge in [0.2, 0.25) is 6.41 Å². The Kier molecular flexibility index (Phi) is 9.12. The Hall–Kier alpha value is -3.59. The van der Waals surface area contributed by atoms with Crippen LogP contribution in [0.5, 0.6) is 0 Å². The number of benzene rings is 3. The minimum Gasteiger partial charge on any atom is -0.303 e. The Morgan fingerprint density at radius 3 is 2.51 bits per heavy atom. The number of halogens is 2. The molecule has 39 heavy (non-hydrogen) atoms. The highest BCUT2D eigenvalue weighted by molar-refractivity contribution is 7.91. The fraction of sp³-hybridized carbons (Fsp3) is 0.172. The molecule has 4 aromatic rings. The molecule has 1 aromatic heterocycles. The molecule has 202 valence electrons. The van der Waals surface area contributed by atoms with Crippen LogP contribution in [0.4, 0.5) is 5.69 Å². The molecule has 1 N–H and O–H groups in total. The van der Waals surface area contributed by atoms with Gasteiger partial charge in [-0.3, -0.25) is 9.10 Å². The lowest BCUT2D eigenvalue weighted by Gasteiger charge is -2.19. The molecule has 4 rings (SSSR count). The van der Waals surface area contributed by atoms with Crippen molar-refractivity contribution >= 4 is 51.6 Å². The van der Waals surface area contributed by atoms with Crippen LogP contribution in [0.1, 0.15) is 36.7 Å². The second-order valence-corrected chi connectivity index (χ2v) is 11.5. The van der Waals surface area contributed by atoms with E-state index in [1.54, 1.807) is 30.3 Å². The summed E-state index contributed by atoms with van der Waals surface area (Å²) in [6, 6.07) is 20.5. The quantitative estimate of drug-likeness (QED) is 0.200. The molecule has 10 heteroatoms. The molecule has 0 unspecified atom stereocenters. The van der Waals surface area contributed by atoms with Crippen molar-refractivity contribution in [3.63, 3.8) is 0 Å². The highest BCUT2D eigenvalue weighted by Crippen LogP contribution is 2.32. The number of hydrogen-bond donors (Lipinski definition) is 1. The smallest absolute Gasteiger partial charge is 0.303 e. The first-order valence-electron chi connectivity index (χ1n) is 12.3. The summed E-state index contributed by atoms with van der Waals surface area (Å²) >= 11 is 12.6. The normalized spacial score (nSPS) is 11.6. The zero-order valence-corrected chi connectivity index (χ0v) is 23.8. The van der Waals surface area contributed by atoms with Gasteiger partial charge in [-0.1, -0.05) is 79.0 Å². The maximum atomic E-state index is 12.4. The number of aromatic nitrogens is 2. The van der Waals surface area contributed by atoms with E-state index in [0.717, 1.165) is 39.7 Å². The molecule has 3 aromatic carbocycles. The molecule has 1 amide bonds. The van der Waals surface area contributed by atoms with Crippen LogP contribution in [0.3, 0.4) is 0 Å². The number of nitrogens with one attached hydrogen (secondary N) is 1. The van der Waals surface area contributed by atoms with Crippen LogP contribution in [0, 0.1) is 0 Å². The SMILES string of the molecule is CCC/C=C/c1ccc(Cc2nc(-c3ccc(Cl)cc3Cl)cn2-c2cccc(N(C)S(=O)(=O)NC=O)c2)cc1. The number of amides is 1. The van der Waals surface area contributed by atoms with Gasteiger partial charge in [0.05, 0.1) is 16.4 Å². The summed E-state index contributed by atoms with van der Waals surface area (Å²) in [5, 5.41) is 0.999. The molecule has 7 nitrogen and oxygen atoms in total. The minimum absolute atomic E-state index is 0.136. The third-order valence-corrected chi connectivity index (χ3v) is 8.00. The Labute approximate surface area is 238 Å². The topological polar surface area (TPSA) is 84.3 Å². The van der Waals surface area contributed by atoms with Crippen LogP contribution >= 0.6 is 23.2 Å². The third-order valence-electron chi connectivity index (χ3n) is 6.12.